The van der Waals surface area contributed by atoms with Crippen LogP contribution in [0.4, 0.5) is 0 Å². The number of benzene rings is 1. The van der Waals surface area contributed by atoms with Gasteiger partial charge >= 0.3 is 0 Å². The molecule has 6 nitrogen and oxygen atoms in total. The minimum absolute atomic E-state index is 0.0565. The Bertz CT molecular complexity index is 917. The summed E-state index contributed by atoms with van der Waals surface area (Å²) in [4.78, 5) is 27.6. The normalized spacial score (nSPS) is 16.8. The average Bonchev–Trinajstić information content (AvgIpc) is 3.29. The zero-order valence-corrected chi connectivity index (χ0v) is 15.0. The lowest BCUT2D eigenvalue weighted by molar-refractivity contribution is 0.0781. The average molecular weight is 347 g/mol. The van der Waals surface area contributed by atoms with Crippen molar-refractivity contribution in [2.75, 3.05) is 13.1 Å². The van der Waals surface area contributed by atoms with Gasteiger partial charge in [-0.3, -0.25) is 9.78 Å². The molecule has 0 radical (unpaired) electrons. The van der Waals surface area contributed by atoms with Crippen molar-refractivity contribution in [2.24, 2.45) is 0 Å². The molecule has 4 rings (SSSR count). The summed E-state index contributed by atoms with van der Waals surface area (Å²) in [7, 11) is 0. The second kappa shape index (κ2) is 6.71. The first-order valence-corrected chi connectivity index (χ1v) is 8.80. The molecular weight excluding hydrogens is 326 g/mol. The third-order valence-corrected chi connectivity index (χ3v) is 4.83. The molecule has 1 fully saturated rings. The largest absolute Gasteiger partial charge is 0.335 e. The molecular formula is C20H21N5O. The van der Waals surface area contributed by atoms with Gasteiger partial charge in [0.1, 0.15) is 11.5 Å². The summed E-state index contributed by atoms with van der Waals surface area (Å²) < 4.78 is 2.25. The van der Waals surface area contributed by atoms with Gasteiger partial charge in [-0.15, -0.1) is 0 Å². The summed E-state index contributed by atoms with van der Waals surface area (Å²) in [6, 6.07) is 10.4. The van der Waals surface area contributed by atoms with E-state index in [2.05, 4.69) is 38.6 Å². The first-order chi connectivity index (χ1) is 12.6. The van der Waals surface area contributed by atoms with E-state index in [1.807, 2.05) is 36.2 Å². The highest BCUT2D eigenvalue weighted by Gasteiger charge is 2.30. The van der Waals surface area contributed by atoms with E-state index in [4.69, 9.17) is 0 Å². The second-order valence-electron chi connectivity index (χ2n) is 6.70. The maximum absolute atomic E-state index is 12.7. The molecule has 132 valence electrons. The SMILES string of the molecule is Cc1cnc(C(=O)N2CCC(n3c(C)cnc3-c3ccccc3)C2)cn1. The molecule has 1 aliphatic rings. The van der Waals surface area contributed by atoms with E-state index in [9.17, 15) is 4.79 Å². The van der Waals surface area contributed by atoms with Crippen molar-refractivity contribution < 1.29 is 4.79 Å². The van der Waals surface area contributed by atoms with Gasteiger partial charge in [-0.2, -0.15) is 0 Å². The number of imidazole rings is 1. The summed E-state index contributed by atoms with van der Waals surface area (Å²) in [6.45, 7) is 5.30. The topological polar surface area (TPSA) is 63.9 Å². The number of amides is 1. The molecule has 1 amide bonds. The number of likely N-dealkylation sites (tertiary alicyclic amines) is 1. The van der Waals surface area contributed by atoms with Gasteiger partial charge in [-0.05, 0) is 20.3 Å². The van der Waals surface area contributed by atoms with E-state index in [1.165, 1.54) is 0 Å². The third kappa shape index (κ3) is 2.98. The Morgan fingerprint density at radius 3 is 2.58 bits per heavy atom. The standard InChI is InChI=1S/C20H21N5O/c1-14-10-22-18(12-21-14)20(26)24-9-8-17(13-24)25-15(2)11-23-19(25)16-6-4-3-5-7-16/h3-7,10-12,17H,8-9,13H2,1-2H3. The van der Waals surface area contributed by atoms with Crippen LogP contribution < -0.4 is 0 Å². The summed E-state index contributed by atoms with van der Waals surface area (Å²) >= 11 is 0. The van der Waals surface area contributed by atoms with Crippen LogP contribution in [-0.4, -0.2) is 43.4 Å². The summed E-state index contributed by atoms with van der Waals surface area (Å²) in [5.41, 5.74) is 3.41. The Hall–Kier alpha value is -3.02. The molecule has 26 heavy (non-hydrogen) atoms. The number of carbonyl (C=O) groups is 1. The van der Waals surface area contributed by atoms with Crippen LogP contribution in [-0.2, 0) is 0 Å². The number of aryl methyl sites for hydroxylation is 2. The lowest BCUT2D eigenvalue weighted by Crippen LogP contribution is -2.30. The smallest absolute Gasteiger partial charge is 0.274 e. The molecule has 1 aromatic carbocycles. The van der Waals surface area contributed by atoms with Crippen LogP contribution in [0.25, 0.3) is 11.4 Å². The molecule has 3 aromatic rings. The van der Waals surface area contributed by atoms with Gasteiger partial charge in [0.05, 0.1) is 17.9 Å². The Labute approximate surface area is 152 Å². The minimum atomic E-state index is -0.0565. The summed E-state index contributed by atoms with van der Waals surface area (Å²) in [5, 5.41) is 0. The van der Waals surface area contributed by atoms with Crippen molar-refractivity contribution >= 4 is 5.91 Å². The molecule has 0 aliphatic carbocycles. The Balaban J connectivity index is 1.57. The van der Waals surface area contributed by atoms with E-state index in [-0.39, 0.29) is 11.9 Å². The lowest BCUT2D eigenvalue weighted by atomic mass is 10.2. The van der Waals surface area contributed by atoms with Crippen molar-refractivity contribution in [3.8, 4) is 11.4 Å². The highest BCUT2D eigenvalue weighted by atomic mass is 16.2. The molecule has 6 heteroatoms. The second-order valence-corrected chi connectivity index (χ2v) is 6.70. The number of hydrogen-bond donors (Lipinski definition) is 0. The summed E-state index contributed by atoms with van der Waals surface area (Å²) in [5.74, 6) is 0.900. The van der Waals surface area contributed by atoms with Gasteiger partial charge in [-0.25, -0.2) is 9.97 Å². The Morgan fingerprint density at radius 2 is 1.85 bits per heavy atom. The van der Waals surface area contributed by atoms with Gasteiger partial charge in [0.15, 0.2) is 0 Å². The van der Waals surface area contributed by atoms with Gasteiger partial charge in [0.25, 0.3) is 5.91 Å². The number of aromatic nitrogens is 4. The fraction of sp³-hybridized carbons (Fsp3) is 0.300. The van der Waals surface area contributed by atoms with Gasteiger partial charge in [0, 0.05) is 36.7 Å². The van der Waals surface area contributed by atoms with Crippen molar-refractivity contribution in [1.82, 2.24) is 24.4 Å². The highest BCUT2D eigenvalue weighted by Crippen LogP contribution is 2.30. The van der Waals surface area contributed by atoms with Crippen LogP contribution in [0.5, 0.6) is 0 Å². The maximum atomic E-state index is 12.7. The minimum Gasteiger partial charge on any atom is -0.335 e. The summed E-state index contributed by atoms with van der Waals surface area (Å²) in [6.07, 6.45) is 6.00. The number of rotatable bonds is 3. The van der Waals surface area contributed by atoms with Crippen LogP contribution >= 0.6 is 0 Å². The van der Waals surface area contributed by atoms with Crippen molar-refractivity contribution in [2.45, 2.75) is 26.3 Å². The molecule has 0 bridgehead atoms. The first kappa shape index (κ1) is 16.4. The van der Waals surface area contributed by atoms with Crippen LogP contribution in [0.2, 0.25) is 0 Å². The fourth-order valence-electron chi connectivity index (χ4n) is 3.51. The van der Waals surface area contributed by atoms with E-state index >= 15 is 0 Å². The van der Waals surface area contributed by atoms with Gasteiger partial charge in [-0.1, -0.05) is 30.3 Å². The van der Waals surface area contributed by atoms with Crippen LogP contribution in [0.3, 0.4) is 0 Å². The van der Waals surface area contributed by atoms with E-state index in [0.29, 0.717) is 18.8 Å². The monoisotopic (exact) mass is 347 g/mol. The van der Waals surface area contributed by atoms with Crippen LogP contribution in [0.1, 0.15) is 34.3 Å². The first-order valence-electron chi connectivity index (χ1n) is 8.80. The molecule has 0 spiro atoms. The third-order valence-electron chi connectivity index (χ3n) is 4.83. The quantitative estimate of drug-likeness (QED) is 0.730. The molecule has 3 heterocycles. The van der Waals surface area contributed by atoms with Crippen molar-refractivity contribution in [3.63, 3.8) is 0 Å². The molecule has 0 N–H and O–H groups in total. The van der Waals surface area contributed by atoms with Crippen molar-refractivity contribution in [1.29, 1.82) is 0 Å². The number of nitrogens with zero attached hydrogens (tertiary/aromatic N) is 5. The number of carbonyl (C=O) groups excluding carboxylic acids is 1. The predicted octanol–water partition coefficient (Wildman–Crippen LogP) is 3.04. The van der Waals surface area contributed by atoms with E-state index in [0.717, 1.165) is 29.2 Å². The number of hydrogen-bond acceptors (Lipinski definition) is 4. The fourth-order valence-corrected chi connectivity index (χ4v) is 3.51. The van der Waals surface area contributed by atoms with Gasteiger partial charge in [0.2, 0.25) is 0 Å². The Morgan fingerprint density at radius 1 is 1.04 bits per heavy atom. The lowest BCUT2D eigenvalue weighted by Gasteiger charge is -2.19. The predicted molar refractivity (Wildman–Crippen MR) is 98.7 cm³/mol. The molecule has 2 aromatic heterocycles. The molecule has 1 aliphatic heterocycles. The zero-order chi connectivity index (χ0) is 18.1. The van der Waals surface area contributed by atoms with E-state index < -0.39 is 0 Å². The van der Waals surface area contributed by atoms with Crippen molar-refractivity contribution in [3.05, 3.63) is 66.0 Å². The van der Waals surface area contributed by atoms with Crippen LogP contribution in [0, 0.1) is 13.8 Å². The molecule has 0 saturated carbocycles. The highest BCUT2D eigenvalue weighted by molar-refractivity contribution is 5.92. The zero-order valence-electron chi connectivity index (χ0n) is 15.0. The molecule has 1 unspecified atom stereocenters. The van der Waals surface area contributed by atoms with Crippen LogP contribution in [0.15, 0.2) is 48.9 Å². The van der Waals surface area contributed by atoms with E-state index in [1.54, 1.807) is 12.4 Å². The molecule has 1 atom stereocenters. The van der Waals surface area contributed by atoms with Gasteiger partial charge < -0.3 is 9.47 Å². The Kier molecular flexibility index (Phi) is 4.24. The molecule has 1 saturated heterocycles. The maximum Gasteiger partial charge on any atom is 0.274 e.